The van der Waals surface area contributed by atoms with Gasteiger partial charge in [0.15, 0.2) is 0 Å². The molecular formula is C14H18N4O. The number of nitrogens with zero attached hydrogens (tertiary/aromatic N) is 3. The highest BCUT2D eigenvalue weighted by atomic mass is 16.2. The molecule has 0 fully saturated rings. The van der Waals surface area contributed by atoms with Crippen LogP contribution in [-0.2, 0) is 11.3 Å². The van der Waals surface area contributed by atoms with E-state index in [2.05, 4.69) is 15.4 Å². The summed E-state index contributed by atoms with van der Waals surface area (Å²) in [6.45, 7) is 4.48. The maximum atomic E-state index is 12.2. The minimum atomic E-state index is -0.253. The highest BCUT2D eigenvalue weighted by molar-refractivity contribution is 5.80. The molecule has 1 amide bonds. The molecular weight excluding hydrogens is 240 g/mol. The number of carbonyl (C=O) groups excluding carboxylic acids is 1. The van der Waals surface area contributed by atoms with E-state index in [-0.39, 0.29) is 11.9 Å². The van der Waals surface area contributed by atoms with Gasteiger partial charge in [0.1, 0.15) is 6.04 Å². The van der Waals surface area contributed by atoms with E-state index in [9.17, 15) is 4.79 Å². The summed E-state index contributed by atoms with van der Waals surface area (Å²) in [7, 11) is 0. The molecule has 19 heavy (non-hydrogen) atoms. The van der Waals surface area contributed by atoms with Crippen molar-refractivity contribution in [1.29, 1.82) is 0 Å². The second-order valence-electron chi connectivity index (χ2n) is 4.43. The summed E-state index contributed by atoms with van der Waals surface area (Å²) in [5.41, 5.74) is 2.16. The first-order chi connectivity index (χ1) is 9.22. The van der Waals surface area contributed by atoms with Crippen molar-refractivity contribution in [2.75, 3.05) is 0 Å². The number of hydrogen-bond acceptors (Lipinski definition) is 3. The molecule has 2 aromatic heterocycles. The number of aryl methyl sites for hydroxylation is 1. The van der Waals surface area contributed by atoms with Crippen LogP contribution in [0.4, 0.5) is 0 Å². The quantitative estimate of drug-likeness (QED) is 0.890. The fraction of sp³-hybridized carbons (Fsp3) is 0.357. The van der Waals surface area contributed by atoms with Crippen LogP contribution in [0.2, 0.25) is 0 Å². The van der Waals surface area contributed by atoms with Gasteiger partial charge in [-0.05, 0) is 36.6 Å². The molecule has 5 heteroatoms. The summed E-state index contributed by atoms with van der Waals surface area (Å²) in [5, 5.41) is 7.08. The molecule has 0 aliphatic heterocycles. The fourth-order valence-corrected chi connectivity index (χ4v) is 1.96. The normalized spacial score (nSPS) is 12.1. The van der Waals surface area contributed by atoms with Gasteiger partial charge >= 0.3 is 0 Å². The van der Waals surface area contributed by atoms with Crippen LogP contribution < -0.4 is 5.32 Å². The second-order valence-corrected chi connectivity index (χ2v) is 4.43. The van der Waals surface area contributed by atoms with Crippen molar-refractivity contribution in [2.45, 2.75) is 32.9 Å². The van der Waals surface area contributed by atoms with E-state index in [1.807, 2.05) is 32.2 Å². The monoisotopic (exact) mass is 258 g/mol. The highest BCUT2D eigenvalue weighted by Crippen LogP contribution is 2.11. The van der Waals surface area contributed by atoms with Crippen LogP contribution in [0.5, 0.6) is 0 Å². The van der Waals surface area contributed by atoms with Gasteiger partial charge in [-0.15, -0.1) is 0 Å². The number of pyridine rings is 1. The smallest absolute Gasteiger partial charge is 0.245 e. The lowest BCUT2D eigenvalue weighted by atomic mass is 10.1. The molecule has 100 valence electrons. The SMILES string of the molecule is CC[C@H](C(=O)NCc1ccncc1C)n1cccn1. The lowest BCUT2D eigenvalue weighted by Crippen LogP contribution is -2.32. The molecule has 0 spiro atoms. The van der Waals surface area contributed by atoms with E-state index in [0.717, 1.165) is 11.1 Å². The van der Waals surface area contributed by atoms with Crippen molar-refractivity contribution in [3.63, 3.8) is 0 Å². The van der Waals surface area contributed by atoms with Gasteiger partial charge in [-0.1, -0.05) is 6.92 Å². The highest BCUT2D eigenvalue weighted by Gasteiger charge is 2.18. The van der Waals surface area contributed by atoms with E-state index in [1.54, 1.807) is 23.3 Å². The lowest BCUT2D eigenvalue weighted by molar-refractivity contribution is -0.124. The third-order valence-electron chi connectivity index (χ3n) is 3.12. The Morgan fingerprint density at radius 3 is 2.95 bits per heavy atom. The third-order valence-corrected chi connectivity index (χ3v) is 3.12. The van der Waals surface area contributed by atoms with Gasteiger partial charge in [0.05, 0.1) is 0 Å². The first kappa shape index (κ1) is 13.3. The molecule has 2 rings (SSSR count). The van der Waals surface area contributed by atoms with Gasteiger partial charge in [0.25, 0.3) is 0 Å². The maximum absolute atomic E-state index is 12.2. The van der Waals surface area contributed by atoms with Crippen molar-refractivity contribution in [3.05, 3.63) is 48.0 Å². The Kier molecular flexibility index (Phi) is 4.28. The molecule has 0 saturated carbocycles. The zero-order valence-corrected chi connectivity index (χ0v) is 11.2. The second kappa shape index (κ2) is 6.13. The predicted octanol–water partition coefficient (Wildman–Crippen LogP) is 1.85. The molecule has 0 radical (unpaired) electrons. The molecule has 2 aromatic rings. The van der Waals surface area contributed by atoms with Crippen LogP contribution >= 0.6 is 0 Å². The first-order valence-corrected chi connectivity index (χ1v) is 6.38. The Morgan fingerprint density at radius 2 is 2.32 bits per heavy atom. The van der Waals surface area contributed by atoms with Crippen molar-refractivity contribution in [2.24, 2.45) is 0 Å². The maximum Gasteiger partial charge on any atom is 0.245 e. The van der Waals surface area contributed by atoms with Crippen LogP contribution in [-0.4, -0.2) is 20.7 Å². The van der Waals surface area contributed by atoms with E-state index in [0.29, 0.717) is 13.0 Å². The Balaban J connectivity index is 1.99. The van der Waals surface area contributed by atoms with E-state index < -0.39 is 0 Å². The fourth-order valence-electron chi connectivity index (χ4n) is 1.96. The summed E-state index contributed by atoms with van der Waals surface area (Å²) in [6, 6.07) is 3.49. The minimum absolute atomic E-state index is 0.0117. The average Bonchev–Trinajstić information content (AvgIpc) is 2.92. The van der Waals surface area contributed by atoms with E-state index in [1.165, 1.54) is 0 Å². The third kappa shape index (κ3) is 3.19. The number of aromatic nitrogens is 3. The number of amides is 1. The molecule has 0 aliphatic carbocycles. The topological polar surface area (TPSA) is 59.8 Å². The molecule has 0 bridgehead atoms. The minimum Gasteiger partial charge on any atom is -0.350 e. The van der Waals surface area contributed by atoms with Crippen LogP contribution in [0.25, 0.3) is 0 Å². The molecule has 1 N–H and O–H groups in total. The van der Waals surface area contributed by atoms with Crippen LogP contribution in [0, 0.1) is 6.92 Å². The van der Waals surface area contributed by atoms with Crippen molar-refractivity contribution in [1.82, 2.24) is 20.1 Å². The van der Waals surface area contributed by atoms with Crippen molar-refractivity contribution in [3.8, 4) is 0 Å². The van der Waals surface area contributed by atoms with Crippen LogP contribution in [0.15, 0.2) is 36.9 Å². The first-order valence-electron chi connectivity index (χ1n) is 6.38. The summed E-state index contributed by atoms with van der Waals surface area (Å²) >= 11 is 0. The van der Waals surface area contributed by atoms with Gasteiger partial charge in [-0.3, -0.25) is 14.5 Å². The van der Waals surface area contributed by atoms with Crippen molar-refractivity contribution < 1.29 is 4.79 Å². The Bertz CT molecular complexity index is 536. The van der Waals surface area contributed by atoms with Gasteiger partial charge in [-0.2, -0.15) is 5.10 Å². The summed E-state index contributed by atoms with van der Waals surface area (Å²) in [4.78, 5) is 16.2. The van der Waals surface area contributed by atoms with Gasteiger partial charge in [-0.25, -0.2) is 0 Å². The molecule has 0 aromatic carbocycles. The largest absolute Gasteiger partial charge is 0.350 e. The molecule has 0 unspecified atom stereocenters. The molecule has 0 saturated heterocycles. The predicted molar refractivity (Wildman–Crippen MR) is 72.4 cm³/mol. The van der Waals surface area contributed by atoms with E-state index >= 15 is 0 Å². The Morgan fingerprint density at radius 1 is 1.47 bits per heavy atom. The zero-order valence-electron chi connectivity index (χ0n) is 11.2. The molecule has 0 aliphatic rings. The average molecular weight is 258 g/mol. The number of rotatable bonds is 5. The number of carbonyl (C=O) groups is 1. The molecule has 5 nitrogen and oxygen atoms in total. The van der Waals surface area contributed by atoms with Gasteiger partial charge < -0.3 is 5.32 Å². The lowest BCUT2D eigenvalue weighted by Gasteiger charge is -2.16. The standard InChI is InChI=1S/C14H18N4O/c1-3-13(18-8-4-6-17-18)14(19)16-10-12-5-7-15-9-11(12)2/h4-9,13H,3,10H2,1-2H3,(H,16,19)/t13-/m1/s1. The summed E-state index contributed by atoms with van der Waals surface area (Å²) in [5.74, 6) is -0.0117. The summed E-state index contributed by atoms with van der Waals surface area (Å²) in [6.07, 6.45) is 7.74. The Labute approximate surface area is 112 Å². The summed E-state index contributed by atoms with van der Waals surface area (Å²) < 4.78 is 1.69. The zero-order chi connectivity index (χ0) is 13.7. The van der Waals surface area contributed by atoms with Gasteiger partial charge in [0, 0.05) is 31.3 Å². The van der Waals surface area contributed by atoms with Gasteiger partial charge in [0.2, 0.25) is 5.91 Å². The number of hydrogen-bond donors (Lipinski definition) is 1. The molecule has 1 atom stereocenters. The van der Waals surface area contributed by atoms with Crippen LogP contribution in [0.3, 0.4) is 0 Å². The van der Waals surface area contributed by atoms with Crippen LogP contribution in [0.1, 0.15) is 30.5 Å². The van der Waals surface area contributed by atoms with E-state index in [4.69, 9.17) is 0 Å². The number of nitrogens with one attached hydrogen (secondary N) is 1. The molecule has 2 heterocycles. The van der Waals surface area contributed by atoms with Crippen molar-refractivity contribution >= 4 is 5.91 Å². The Hall–Kier alpha value is -2.17.